The minimum Gasteiger partial charge on any atom is -0.463 e. The average molecular weight is 491 g/mol. The predicted octanol–water partition coefficient (Wildman–Crippen LogP) is 3.33. The van der Waals surface area contributed by atoms with Gasteiger partial charge in [0.15, 0.2) is 0 Å². The van der Waals surface area contributed by atoms with Gasteiger partial charge in [0.2, 0.25) is 5.72 Å². The third-order valence-electron chi connectivity index (χ3n) is 4.59. The number of halogens is 2. The lowest BCUT2D eigenvalue weighted by Crippen LogP contribution is -2.34. The Labute approximate surface area is 193 Å². The summed E-state index contributed by atoms with van der Waals surface area (Å²) in [6, 6.07) is 3.90. The van der Waals surface area contributed by atoms with Crippen LogP contribution in [0.1, 0.15) is 32.6 Å². The maximum atomic E-state index is 13.1. The zero-order valence-corrected chi connectivity index (χ0v) is 18.8. The van der Waals surface area contributed by atoms with E-state index in [1.807, 2.05) is 0 Å². The van der Waals surface area contributed by atoms with Gasteiger partial charge in [-0.2, -0.15) is 0 Å². The van der Waals surface area contributed by atoms with Gasteiger partial charge < -0.3 is 24.4 Å². The highest BCUT2D eigenvalue weighted by Crippen LogP contribution is 2.37. The fourth-order valence-electron chi connectivity index (χ4n) is 2.93. The Bertz CT molecular complexity index is 872. The number of nitrogens with one attached hydrogen (secondary N) is 1. The highest BCUT2D eigenvalue weighted by atomic mass is 35.5. The van der Waals surface area contributed by atoms with Crippen LogP contribution in [0, 0.1) is 10.7 Å². The van der Waals surface area contributed by atoms with Gasteiger partial charge in [-0.1, -0.05) is 11.6 Å². The molecular formula is C20H24ClFN2O7S. The van der Waals surface area contributed by atoms with E-state index in [1.54, 1.807) is 6.92 Å². The Morgan fingerprint density at radius 3 is 2.75 bits per heavy atom. The molecule has 12 heteroatoms. The molecule has 2 unspecified atom stereocenters. The summed E-state index contributed by atoms with van der Waals surface area (Å²) in [5.74, 6) is -1.27. The maximum absolute atomic E-state index is 13.1. The molecule has 0 aromatic heterocycles. The number of anilines is 1. The van der Waals surface area contributed by atoms with Crippen LogP contribution in [0.25, 0.3) is 0 Å². The van der Waals surface area contributed by atoms with E-state index in [2.05, 4.69) is 14.6 Å². The fourth-order valence-corrected chi connectivity index (χ4v) is 4.18. The standard InChI is InChI=1S/C15H16ClFN2O4S.C5H8O3/c1-2-23-14(20)10-8-15(21,19-22)6-5-13(10)24-18-12-4-3-9(17)7-11(12)16;6-3-4-1-2-5(7)8-4/h3-4,7-8,13,18,21H,2,5-6H2,1H3;4,6H,1-3H2/t;4-/m.0/s1. The molecule has 2 aliphatic rings. The third-order valence-corrected chi connectivity index (χ3v) is 6.02. The second-order valence-corrected chi connectivity index (χ2v) is 8.41. The molecule has 0 amide bonds. The maximum Gasteiger partial charge on any atom is 0.335 e. The number of aliphatic hydroxyl groups excluding tert-OH is 1. The summed E-state index contributed by atoms with van der Waals surface area (Å²) in [7, 11) is 0. The molecule has 3 N–H and O–H groups in total. The van der Waals surface area contributed by atoms with Gasteiger partial charge in [-0.25, -0.2) is 9.18 Å². The molecule has 1 fully saturated rings. The number of ether oxygens (including phenoxy) is 2. The zero-order valence-electron chi connectivity index (χ0n) is 17.3. The summed E-state index contributed by atoms with van der Waals surface area (Å²) >= 11 is 7.11. The van der Waals surface area contributed by atoms with Crippen molar-refractivity contribution in [1.82, 2.24) is 0 Å². The minimum absolute atomic E-state index is 0.0360. The van der Waals surface area contributed by atoms with Crippen LogP contribution >= 0.6 is 23.5 Å². The summed E-state index contributed by atoms with van der Waals surface area (Å²) in [5.41, 5.74) is -1.27. The van der Waals surface area contributed by atoms with Crippen molar-refractivity contribution in [2.24, 2.45) is 5.18 Å². The molecule has 1 aliphatic heterocycles. The first-order valence-corrected chi connectivity index (χ1v) is 11.1. The lowest BCUT2D eigenvalue weighted by molar-refractivity contribution is -0.142. The molecule has 1 saturated heterocycles. The Kier molecular flexibility index (Phi) is 9.88. The van der Waals surface area contributed by atoms with Crippen molar-refractivity contribution in [2.45, 2.75) is 49.7 Å². The van der Waals surface area contributed by atoms with Gasteiger partial charge in [0, 0.05) is 12.8 Å². The van der Waals surface area contributed by atoms with Gasteiger partial charge in [-0.05, 0) is 61.2 Å². The van der Waals surface area contributed by atoms with E-state index in [4.69, 9.17) is 21.4 Å². The number of benzene rings is 1. The van der Waals surface area contributed by atoms with Gasteiger partial charge in [0.1, 0.15) is 11.9 Å². The molecule has 3 rings (SSSR count). The van der Waals surface area contributed by atoms with Crippen LogP contribution < -0.4 is 4.72 Å². The molecular weight excluding hydrogens is 467 g/mol. The van der Waals surface area contributed by atoms with Crippen molar-refractivity contribution in [3.63, 3.8) is 0 Å². The van der Waals surface area contributed by atoms with E-state index in [0.717, 1.165) is 18.0 Å². The molecule has 0 radical (unpaired) electrons. The number of esters is 2. The fraction of sp³-hybridized carbons (Fsp3) is 0.500. The van der Waals surface area contributed by atoms with E-state index >= 15 is 0 Å². The van der Waals surface area contributed by atoms with Crippen molar-refractivity contribution in [2.75, 3.05) is 17.9 Å². The monoisotopic (exact) mass is 490 g/mol. The highest BCUT2D eigenvalue weighted by molar-refractivity contribution is 8.01. The van der Waals surface area contributed by atoms with Crippen LogP contribution in [0.3, 0.4) is 0 Å². The van der Waals surface area contributed by atoms with Crippen LogP contribution in [0.4, 0.5) is 10.1 Å². The third kappa shape index (κ3) is 7.44. The minimum atomic E-state index is -1.91. The Balaban J connectivity index is 0.000000380. The van der Waals surface area contributed by atoms with Crippen LogP contribution in [0.2, 0.25) is 5.02 Å². The molecule has 0 saturated carbocycles. The summed E-state index contributed by atoms with van der Waals surface area (Å²) < 4.78 is 25.6. The molecule has 0 bridgehead atoms. The van der Waals surface area contributed by atoms with Gasteiger partial charge in [0.25, 0.3) is 0 Å². The van der Waals surface area contributed by atoms with E-state index in [0.29, 0.717) is 24.9 Å². The number of aliphatic hydroxyl groups is 2. The number of carbonyl (C=O) groups is 2. The van der Waals surface area contributed by atoms with E-state index in [-0.39, 0.29) is 47.6 Å². The Morgan fingerprint density at radius 2 is 2.22 bits per heavy atom. The van der Waals surface area contributed by atoms with Crippen LogP contribution in [0.5, 0.6) is 0 Å². The molecule has 1 aromatic rings. The number of rotatable bonds is 7. The SMILES string of the molecule is CCOC(=O)C1=CC(O)(N=O)CCC1SNc1ccc(F)cc1Cl.O=C1CC[C@@H](CO)O1. The first-order chi connectivity index (χ1) is 15.2. The van der Waals surface area contributed by atoms with Crippen molar-refractivity contribution < 1.29 is 33.7 Å². The van der Waals surface area contributed by atoms with Gasteiger partial charge >= 0.3 is 11.9 Å². The first-order valence-electron chi connectivity index (χ1n) is 9.85. The molecule has 176 valence electrons. The van der Waals surface area contributed by atoms with Crippen molar-refractivity contribution >= 4 is 41.2 Å². The molecule has 32 heavy (non-hydrogen) atoms. The van der Waals surface area contributed by atoms with E-state index < -0.39 is 17.5 Å². The molecule has 9 nitrogen and oxygen atoms in total. The topological polar surface area (TPSA) is 135 Å². The lowest BCUT2D eigenvalue weighted by Gasteiger charge is -2.29. The summed E-state index contributed by atoms with van der Waals surface area (Å²) in [6.45, 7) is 1.79. The highest BCUT2D eigenvalue weighted by Gasteiger charge is 2.38. The number of hydrogen-bond acceptors (Lipinski definition) is 10. The number of nitroso groups, excluding NO2 is 1. The second kappa shape index (κ2) is 12.1. The molecule has 1 heterocycles. The molecule has 1 aliphatic carbocycles. The predicted molar refractivity (Wildman–Crippen MR) is 117 cm³/mol. The Hall–Kier alpha value is -2.21. The normalized spacial score (nSPS) is 24.5. The Morgan fingerprint density at radius 1 is 1.47 bits per heavy atom. The van der Waals surface area contributed by atoms with Gasteiger partial charge in [0.05, 0.1) is 34.7 Å². The van der Waals surface area contributed by atoms with E-state index in [1.165, 1.54) is 18.2 Å². The average Bonchev–Trinajstić information content (AvgIpc) is 3.20. The van der Waals surface area contributed by atoms with Crippen molar-refractivity contribution in [3.8, 4) is 0 Å². The molecule has 3 atom stereocenters. The number of hydrogen-bond donors (Lipinski definition) is 3. The van der Waals surface area contributed by atoms with Crippen molar-refractivity contribution in [3.05, 3.63) is 45.6 Å². The van der Waals surface area contributed by atoms with Crippen LogP contribution in [-0.2, 0) is 19.1 Å². The summed E-state index contributed by atoms with van der Waals surface area (Å²) in [4.78, 5) is 33.2. The first kappa shape index (κ1) is 26.0. The molecule has 1 aromatic carbocycles. The second-order valence-electron chi connectivity index (χ2n) is 6.99. The largest absolute Gasteiger partial charge is 0.463 e. The summed E-state index contributed by atoms with van der Waals surface area (Å²) in [5, 5.41) is 20.9. The van der Waals surface area contributed by atoms with Gasteiger partial charge in [-0.15, -0.1) is 4.91 Å². The lowest BCUT2D eigenvalue weighted by atomic mass is 9.93. The number of carbonyl (C=O) groups excluding carboxylic acids is 2. The number of cyclic esters (lactones) is 1. The summed E-state index contributed by atoms with van der Waals surface area (Å²) in [6.07, 6.45) is 2.45. The molecule has 0 spiro atoms. The van der Waals surface area contributed by atoms with Gasteiger partial charge in [-0.3, -0.25) is 4.79 Å². The number of nitrogens with zero attached hydrogens (tertiary/aromatic N) is 1. The van der Waals surface area contributed by atoms with Crippen LogP contribution in [-0.4, -0.2) is 52.4 Å². The quantitative estimate of drug-likeness (QED) is 0.299. The zero-order chi connectivity index (χ0) is 23.7. The van der Waals surface area contributed by atoms with E-state index in [9.17, 15) is 24.0 Å². The van der Waals surface area contributed by atoms with Crippen molar-refractivity contribution in [1.29, 1.82) is 0 Å². The smallest absolute Gasteiger partial charge is 0.335 e. The van der Waals surface area contributed by atoms with Crippen LogP contribution in [0.15, 0.2) is 35.0 Å².